The summed E-state index contributed by atoms with van der Waals surface area (Å²) in [5, 5.41) is 0. The van der Waals surface area contributed by atoms with E-state index in [-0.39, 0.29) is 0 Å². The molecule has 0 amide bonds. The average Bonchev–Trinajstić information content (AvgIpc) is 2.64. The zero-order valence-electron chi connectivity index (χ0n) is 14.8. The predicted octanol–water partition coefficient (Wildman–Crippen LogP) is 3.90. The highest BCUT2D eigenvalue weighted by molar-refractivity contribution is 5.65. The number of piperidine rings is 1. The fraction of sp³-hybridized carbons (Fsp3) is 0.400. The van der Waals surface area contributed by atoms with Crippen LogP contribution in [-0.4, -0.2) is 30.6 Å². The molecule has 2 aromatic rings. The maximum Gasteiger partial charge on any atom is 0.129 e. The molecule has 0 aliphatic carbocycles. The van der Waals surface area contributed by atoms with Gasteiger partial charge in [-0.15, -0.1) is 0 Å². The third kappa shape index (κ3) is 4.79. The first-order valence-corrected chi connectivity index (χ1v) is 8.91. The summed E-state index contributed by atoms with van der Waals surface area (Å²) in [5.41, 5.74) is 12.6. The summed E-state index contributed by atoms with van der Waals surface area (Å²) in [5.74, 6) is 2.26. The van der Waals surface area contributed by atoms with Crippen LogP contribution in [0, 0.1) is 0 Å². The van der Waals surface area contributed by atoms with Crippen LogP contribution < -0.4 is 20.9 Å². The molecule has 134 valence electrons. The third-order valence-corrected chi connectivity index (χ3v) is 4.62. The van der Waals surface area contributed by atoms with Gasteiger partial charge in [-0.25, -0.2) is 0 Å². The van der Waals surface area contributed by atoms with Gasteiger partial charge in [-0.2, -0.15) is 0 Å². The second-order valence-corrected chi connectivity index (χ2v) is 6.62. The molecule has 0 radical (unpaired) electrons. The van der Waals surface area contributed by atoms with Gasteiger partial charge in [0.2, 0.25) is 0 Å². The van der Waals surface area contributed by atoms with Gasteiger partial charge in [0.1, 0.15) is 23.9 Å². The van der Waals surface area contributed by atoms with Crippen molar-refractivity contribution in [1.29, 1.82) is 0 Å². The van der Waals surface area contributed by atoms with Crippen molar-refractivity contribution in [2.24, 2.45) is 0 Å². The first-order valence-electron chi connectivity index (χ1n) is 8.91. The SMILES string of the molecule is CC(COc1ccc(Oc2ccc(N)c(N)c2)cc1)N1CCCCC1. The number of nitrogens with two attached hydrogens (primary N) is 2. The molecule has 0 saturated carbocycles. The molecule has 4 N–H and O–H groups in total. The molecule has 5 nitrogen and oxygen atoms in total. The molecule has 1 saturated heterocycles. The highest BCUT2D eigenvalue weighted by atomic mass is 16.5. The zero-order valence-corrected chi connectivity index (χ0v) is 14.8. The van der Waals surface area contributed by atoms with Crippen LogP contribution >= 0.6 is 0 Å². The Labute approximate surface area is 149 Å². The molecule has 0 spiro atoms. The smallest absolute Gasteiger partial charge is 0.129 e. The molecule has 1 atom stereocenters. The maximum atomic E-state index is 5.93. The van der Waals surface area contributed by atoms with E-state index in [1.54, 1.807) is 18.2 Å². The Kier molecular flexibility index (Phi) is 5.66. The van der Waals surface area contributed by atoms with Gasteiger partial charge in [0.15, 0.2) is 0 Å². The zero-order chi connectivity index (χ0) is 17.6. The second kappa shape index (κ2) is 8.12. The summed E-state index contributed by atoms with van der Waals surface area (Å²) in [6, 6.07) is 13.4. The molecule has 0 aromatic heterocycles. The van der Waals surface area contributed by atoms with Crippen molar-refractivity contribution < 1.29 is 9.47 Å². The fourth-order valence-electron chi connectivity index (χ4n) is 3.04. The predicted molar refractivity (Wildman–Crippen MR) is 102 cm³/mol. The number of rotatable bonds is 6. The Morgan fingerprint density at radius 1 is 0.880 bits per heavy atom. The summed E-state index contributed by atoms with van der Waals surface area (Å²) >= 11 is 0. The van der Waals surface area contributed by atoms with Crippen molar-refractivity contribution in [3.63, 3.8) is 0 Å². The fourth-order valence-corrected chi connectivity index (χ4v) is 3.04. The van der Waals surface area contributed by atoms with Crippen molar-refractivity contribution in [2.75, 3.05) is 31.2 Å². The lowest BCUT2D eigenvalue weighted by molar-refractivity contribution is 0.125. The van der Waals surface area contributed by atoms with Gasteiger partial charge in [0.05, 0.1) is 11.4 Å². The molecule has 1 unspecified atom stereocenters. The van der Waals surface area contributed by atoms with Gasteiger partial charge in [0.25, 0.3) is 0 Å². The van der Waals surface area contributed by atoms with Crippen LogP contribution in [0.1, 0.15) is 26.2 Å². The molecule has 1 aliphatic heterocycles. The molecular formula is C20H27N3O2. The quantitative estimate of drug-likeness (QED) is 0.780. The Hall–Kier alpha value is -2.40. The van der Waals surface area contributed by atoms with E-state index < -0.39 is 0 Å². The van der Waals surface area contributed by atoms with Crippen molar-refractivity contribution in [2.45, 2.75) is 32.2 Å². The standard InChI is InChI=1S/C20H27N3O2/c1-15(23-11-3-2-4-12-23)14-24-16-5-7-17(8-6-16)25-18-9-10-19(21)20(22)13-18/h5-10,13,15H,2-4,11-12,14,21-22H2,1H3. The summed E-state index contributed by atoms with van der Waals surface area (Å²) in [7, 11) is 0. The molecular weight excluding hydrogens is 314 g/mol. The van der Waals surface area contributed by atoms with Crippen LogP contribution in [0.15, 0.2) is 42.5 Å². The van der Waals surface area contributed by atoms with E-state index in [0.29, 0.717) is 29.8 Å². The molecule has 0 bridgehead atoms. The molecule has 1 fully saturated rings. The first kappa shape index (κ1) is 17.4. The monoisotopic (exact) mass is 341 g/mol. The Bertz CT molecular complexity index is 682. The Balaban J connectivity index is 1.52. The van der Waals surface area contributed by atoms with Gasteiger partial charge in [-0.3, -0.25) is 4.90 Å². The molecule has 5 heteroatoms. The van der Waals surface area contributed by atoms with Crippen LogP contribution in [0.25, 0.3) is 0 Å². The van der Waals surface area contributed by atoms with Crippen LogP contribution in [0.3, 0.4) is 0 Å². The largest absolute Gasteiger partial charge is 0.492 e. The Morgan fingerprint density at radius 2 is 1.52 bits per heavy atom. The van der Waals surface area contributed by atoms with Crippen molar-refractivity contribution in [1.82, 2.24) is 4.90 Å². The number of anilines is 2. The number of nitrogen functional groups attached to an aromatic ring is 2. The average molecular weight is 341 g/mol. The van der Waals surface area contributed by atoms with Crippen LogP contribution in [-0.2, 0) is 0 Å². The van der Waals surface area contributed by atoms with Crippen LogP contribution in [0.2, 0.25) is 0 Å². The van der Waals surface area contributed by atoms with Crippen LogP contribution in [0.5, 0.6) is 17.2 Å². The second-order valence-electron chi connectivity index (χ2n) is 6.62. The lowest BCUT2D eigenvalue weighted by Gasteiger charge is -2.32. The van der Waals surface area contributed by atoms with Crippen molar-refractivity contribution >= 4 is 11.4 Å². The number of hydrogen-bond acceptors (Lipinski definition) is 5. The number of ether oxygens (including phenoxy) is 2. The summed E-state index contributed by atoms with van der Waals surface area (Å²) in [6.07, 6.45) is 3.95. The van der Waals surface area contributed by atoms with Crippen molar-refractivity contribution in [3.8, 4) is 17.2 Å². The van der Waals surface area contributed by atoms with Gasteiger partial charge in [-0.05, 0) is 69.3 Å². The number of nitrogens with zero attached hydrogens (tertiary/aromatic N) is 1. The van der Waals surface area contributed by atoms with Gasteiger partial charge in [0, 0.05) is 12.1 Å². The molecule has 2 aromatic carbocycles. The lowest BCUT2D eigenvalue weighted by atomic mass is 10.1. The van der Waals surface area contributed by atoms with E-state index in [0.717, 1.165) is 11.5 Å². The van der Waals surface area contributed by atoms with Crippen molar-refractivity contribution in [3.05, 3.63) is 42.5 Å². The number of benzene rings is 2. The minimum absolute atomic E-state index is 0.439. The third-order valence-electron chi connectivity index (χ3n) is 4.62. The van der Waals surface area contributed by atoms with E-state index in [1.165, 1.54) is 32.4 Å². The Morgan fingerprint density at radius 3 is 2.20 bits per heavy atom. The number of likely N-dealkylation sites (tertiary alicyclic amines) is 1. The highest BCUT2D eigenvalue weighted by Gasteiger charge is 2.16. The van der Waals surface area contributed by atoms with E-state index in [2.05, 4.69) is 11.8 Å². The van der Waals surface area contributed by atoms with Crippen LogP contribution in [0.4, 0.5) is 11.4 Å². The minimum Gasteiger partial charge on any atom is -0.492 e. The van der Waals surface area contributed by atoms with Gasteiger partial charge < -0.3 is 20.9 Å². The molecule has 25 heavy (non-hydrogen) atoms. The normalized spacial score (nSPS) is 16.4. The van der Waals surface area contributed by atoms with E-state index >= 15 is 0 Å². The van der Waals surface area contributed by atoms with E-state index in [1.807, 2.05) is 24.3 Å². The van der Waals surface area contributed by atoms with Gasteiger partial charge in [-0.1, -0.05) is 6.42 Å². The minimum atomic E-state index is 0.439. The highest BCUT2D eigenvalue weighted by Crippen LogP contribution is 2.27. The number of hydrogen-bond donors (Lipinski definition) is 2. The summed E-state index contributed by atoms with van der Waals surface area (Å²) in [6.45, 7) is 5.30. The molecule has 3 rings (SSSR count). The maximum absolute atomic E-state index is 5.93. The lowest BCUT2D eigenvalue weighted by Crippen LogP contribution is -2.40. The topological polar surface area (TPSA) is 73.7 Å². The van der Waals surface area contributed by atoms with E-state index in [9.17, 15) is 0 Å². The van der Waals surface area contributed by atoms with E-state index in [4.69, 9.17) is 20.9 Å². The van der Waals surface area contributed by atoms with Gasteiger partial charge >= 0.3 is 0 Å². The first-order chi connectivity index (χ1) is 12.1. The molecule has 1 aliphatic rings. The summed E-state index contributed by atoms with van der Waals surface area (Å²) < 4.78 is 11.7. The molecule has 1 heterocycles. The summed E-state index contributed by atoms with van der Waals surface area (Å²) in [4.78, 5) is 2.51.